The Morgan fingerprint density at radius 3 is 2.75 bits per heavy atom. The number of nitrogens with zero attached hydrogens (tertiary/aromatic N) is 1. The van der Waals surface area contributed by atoms with Crippen LogP contribution in [0.5, 0.6) is 0 Å². The zero-order valence-electron chi connectivity index (χ0n) is 8.52. The fraction of sp³-hybridized carbons (Fsp3) is 0.700. The van der Waals surface area contributed by atoms with Crippen LogP contribution in [0.25, 0.3) is 0 Å². The Morgan fingerprint density at radius 1 is 1.75 bits per heavy atom. The van der Waals surface area contributed by atoms with E-state index in [-0.39, 0.29) is 5.66 Å². The molecule has 0 saturated heterocycles. The number of allylic oxidation sites excluding steroid dienone is 2. The fourth-order valence-corrected chi connectivity index (χ4v) is 1.47. The van der Waals surface area contributed by atoms with Crippen LogP contribution in [-0.2, 0) is 0 Å². The van der Waals surface area contributed by atoms with Gasteiger partial charge in [0.1, 0.15) is 13.5 Å². The van der Waals surface area contributed by atoms with E-state index < -0.39 is 0 Å². The first kappa shape index (κ1) is 9.30. The van der Waals surface area contributed by atoms with Crippen molar-refractivity contribution in [2.24, 2.45) is 0 Å². The van der Waals surface area contributed by atoms with Gasteiger partial charge in [0, 0.05) is 12.6 Å². The molecule has 1 aliphatic heterocycles. The van der Waals surface area contributed by atoms with Crippen LogP contribution in [0.15, 0.2) is 11.8 Å². The summed E-state index contributed by atoms with van der Waals surface area (Å²) >= 11 is 0. The summed E-state index contributed by atoms with van der Waals surface area (Å²) < 4.78 is 2.22. The highest BCUT2D eigenvalue weighted by Gasteiger charge is 2.40. The van der Waals surface area contributed by atoms with E-state index in [0.29, 0.717) is 0 Å². The summed E-state index contributed by atoms with van der Waals surface area (Å²) in [7, 11) is 2.11. The second-order valence-corrected chi connectivity index (χ2v) is 3.69. The molecule has 1 N–H and O–H groups in total. The molecule has 68 valence electrons. The van der Waals surface area contributed by atoms with E-state index in [2.05, 4.69) is 50.0 Å². The Morgan fingerprint density at radius 2 is 2.42 bits per heavy atom. The highest BCUT2D eigenvalue weighted by molar-refractivity contribution is 5.57. The third-order valence-electron chi connectivity index (χ3n) is 2.52. The first-order chi connectivity index (χ1) is 5.58. The smallest absolute Gasteiger partial charge is 0.241 e. The van der Waals surface area contributed by atoms with Crippen molar-refractivity contribution in [1.82, 2.24) is 5.32 Å². The molecule has 0 saturated carbocycles. The molecule has 0 radical (unpaired) electrons. The van der Waals surface area contributed by atoms with E-state index in [1.165, 1.54) is 5.70 Å². The zero-order chi connectivity index (χ0) is 9.19. The van der Waals surface area contributed by atoms with E-state index >= 15 is 0 Å². The average Bonchev–Trinajstić information content (AvgIpc) is 2.02. The van der Waals surface area contributed by atoms with Crippen molar-refractivity contribution in [3.8, 4) is 0 Å². The highest BCUT2D eigenvalue weighted by atomic mass is 15.3. The number of rotatable bonds is 3. The van der Waals surface area contributed by atoms with Crippen LogP contribution in [0.4, 0.5) is 0 Å². The maximum Gasteiger partial charge on any atom is 0.241 e. The van der Waals surface area contributed by atoms with Crippen molar-refractivity contribution < 1.29 is 4.58 Å². The van der Waals surface area contributed by atoms with E-state index in [9.17, 15) is 0 Å². The van der Waals surface area contributed by atoms with Gasteiger partial charge in [-0.05, 0) is 13.3 Å². The Kier molecular flexibility index (Phi) is 2.55. The predicted octanol–water partition coefficient (Wildman–Crippen LogP) is 1.72. The summed E-state index contributed by atoms with van der Waals surface area (Å²) in [5.74, 6) is 0. The van der Waals surface area contributed by atoms with Gasteiger partial charge in [-0.2, -0.15) is 0 Å². The molecule has 0 aromatic heterocycles. The van der Waals surface area contributed by atoms with Crippen molar-refractivity contribution in [1.29, 1.82) is 0 Å². The molecule has 0 aromatic carbocycles. The van der Waals surface area contributed by atoms with Crippen molar-refractivity contribution in [2.45, 2.75) is 39.3 Å². The molecule has 12 heavy (non-hydrogen) atoms. The summed E-state index contributed by atoms with van der Waals surface area (Å²) in [4.78, 5) is 0. The lowest BCUT2D eigenvalue weighted by Gasteiger charge is -2.32. The first-order valence-corrected chi connectivity index (χ1v) is 4.59. The van der Waals surface area contributed by atoms with Crippen LogP contribution in [0.2, 0.25) is 0 Å². The van der Waals surface area contributed by atoms with Gasteiger partial charge in [0.2, 0.25) is 5.66 Å². The Bertz CT molecular complexity index is 228. The molecule has 1 rings (SSSR count). The van der Waals surface area contributed by atoms with Gasteiger partial charge in [0.05, 0.1) is 0 Å². The van der Waals surface area contributed by atoms with Gasteiger partial charge in [-0.15, -0.1) is 0 Å². The summed E-state index contributed by atoms with van der Waals surface area (Å²) in [6.07, 6.45) is 6.64. The summed E-state index contributed by atoms with van der Waals surface area (Å²) in [5.41, 5.74) is 1.44. The van der Waals surface area contributed by atoms with E-state index in [1.54, 1.807) is 0 Å². The minimum absolute atomic E-state index is 0.162. The summed E-state index contributed by atoms with van der Waals surface area (Å²) in [6, 6.07) is 0. The molecule has 0 bridgehead atoms. The lowest BCUT2D eigenvalue weighted by Crippen LogP contribution is -2.57. The molecular weight excluding hydrogens is 148 g/mol. The SMILES string of the molecule is CCC=C(C)NC1(C)CC=[N+]1C. The molecule has 2 heteroatoms. The maximum absolute atomic E-state index is 3.50. The van der Waals surface area contributed by atoms with Crippen molar-refractivity contribution in [3.63, 3.8) is 0 Å². The van der Waals surface area contributed by atoms with E-state index in [0.717, 1.165) is 12.8 Å². The van der Waals surface area contributed by atoms with Crippen LogP contribution in [0, 0.1) is 0 Å². The third kappa shape index (κ3) is 1.68. The van der Waals surface area contributed by atoms with Crippen molar-refractivity contribution in [3.05, 3.63) is 11.8 Å². The maximum atomic E-state index is 3.50. The number of hydrogen-bond donors (Lipinski definition) is 1. The zero-order valence-corrected chi connectivity index (χ0v) is 8.52. The normalized spacial score (nSPS) is 29.3. The fourth-order valence-electron chi connectivity index (χ4n) is 1.47. The van der Waals surface area contributed by atoms with Gasteiger partial charge in [-0.1, -0.05) is 13.0 Å². The molecular formula is C10H19N2+. The quantitative estimate of drug-likeness (QED) is 0.632. The van der Waals surface area contributed by atoms with Crippen LogP contribution in [0.3, 0.4) is 0 Å². The van der Waals surface area contributed by atoms with Crippen LogP contribution in [-0.4, -0.2) is 23.5 Å². The molecule has 0 amide bonds. The Labute approximate surface area is 75.0 Å². The largest absolute Gasteiger partial charge is 0.330 e. The van der Waals surface area contributed by atoms with Gasteiger partial charge in [0.15, 0.2) is 6.21 Å². The number of hydrogen-bond acceptors (Lipinski definition) is 1. The van der Waals surface area contributed by atoms with Crippen molar-refractivity contribution >= 4 is 6.21 Å². The van der Waals surface area contributed by atoms with Gasteiger partial charge >= 0.3 is 0 Å². The minimum atomic E-state index is 0.162. The van der Waals surface area contributed by atoms with E-state index in [4.69, 9.17) is 0 Å². The molecule has 1 unspecified atom stereocenters. The third-order valence-corrected chi connectivity index (χ3v) is 2.52. The van der Waals surface area contributed by atoms with Gasteiger partial charge in [-0.3, -0.25) is 0 Å². The second kappa shape index (κ2) is 3.30. The Hall–Kier alpha value is -0.790. The lowest BCUT2D eigenvalue weighted by atomic mass is 10.0. The number of nitrogens with one attached hydrogen (secondary N) is 1. The standard InChI is InChI=1S/C10H19N2/c1-5-6-9(2)11-10(3)7-8-12(10)4/h6,8,11H,5,7H2,1-4H3/q+1. The Balaban J connectivity index is 2.52. The summed E-state index contributed by atoms with van der Waals surface area (Å²) in [6.45, 7) is 6.50. The van der Waals surface area contributed by atoms with Gasteiger partial charge < -0.3 is 5.32 Å². The molecule has 0 aromatic rings. The minimum Gasteiger partial charge on any atom is -0.330 e. The molecule has 0 fully saturated rings. The lowest BCUT2D eigenvalue weighted by molar-refractivity contribution is -0.608. The van der Waals surface area contributed by atoms with Crippen molar-refractivity contribution in [2.75, 3.05) is 7.05 Å². The molecule has 1 aliphatic rings. The molecule has 0 spiro atoms. The second-order valence-electron chi connectivity index (χ2n) is 3.69. The first-order valence-electron chi connectivity index (χ1n) is 4.59. The predicted molar refractivity (Wildman–Crippen MR) is 52.5 cm³/mol. The summed E-state index contributed by atoms with van der Waals surface area (Å²) in [5, 5.41) is 3.50. The molecule has 1 atom stereocenters. The average molecular weight is 167 g/mol. The molecule has 2 nitrogen and oxygen atoms in total. The molecule has 1 heterocycles. The molecule has 0 aliphatic carbocycles. The van der Waals surface area contributed by atoms with Gasteiger partial charge in [-0.25, -0.2) is 4.58 Å². The topological polar surface area (TPSA) is 15.0 Å². The van der Waals surface area contributed by atoms with Crippen LogP contribution in [0.1, 0.15) is 33.6 Å². The highest BCUT2D eigenvalue weighted by Crippen LogP contribution is 2.17. The van der Waals surface area contributed by atoms with E-state index in [1.807, 2.05) is 0 Å². The van der Waals surface area contributed by atoms with Crippen LogP contribution >= 0.6 is 0 Å². The van der Waals surface area contributed by atoms with Gasteiger partial charge in [0.25, 0.3) is 0 Å². The monoisotopic (exact) mass is 167 g/mol. The van der Waals surface area contributed by atoms with Crippen LogP contribution < -0.4 is 5.32 Å².